The number of amides is 1. The highest BCUT2D eigenvalue weighted by molar-refractivity contribution is 7.89. The summed E-state index contributed by atoms with van der Waals surface area (Å²) in [6.07, 6.45) is 1.31. The molecular weight excluding hydrogens is 593 g/mol. The fourth-order valence-corrected chi connectivity index (χ4v) is 9.01. The second-order valence-corrected chi connectivity index (χ2v) is 15.4. The summed E-state index contributed by atoms with van der Waals surface area (Å²) in [6, 6.07) is 12.9. The highest BCUT2D eigenvalue weighted by Crippen LogP contribution is 2.71. The number of carbonyl (C=O) groups excluding carboxylic acids is 1. The number of hydrogen-bond acceptors (Lipinski definition) is 5. The molecule has 2 aromatic carbocycles. The smallest absolute Gasteiger partial charge is 0.248 e. The molecule has 1 atom stereocenters. The number of benzene rings is 2. The lowest BCUT2D eigenvalue weighted by Crippen LogP contribution is -2.78. The van der Waals surface area contributed by atoms with Gasteiger partial charge in [0.2, 0.25) is 21.9 Å². The zero-order valence-electron chi connectivity index (χ0n) is 22.8. The van der Waals surface area contributed by atoms with Crippen molar-refractivity contribution < 1.29 is 22.0 Å². The van der Waals surface area contributed by atoms with Gasteiger partial charge in [-0.25, -0.2) is 17.2 Å². The van der Waals surface area contributed by atoms with Crippen molar-refractivity contribution >= 4 is 45.0 Å². The standard InChI is InChI=1S/C29H32Cl2F2N4O3S/c1-26(2)23(24(38)34-13-19-11-29(32,33)12-19)35-25(36-26)27-15-28(16-27,17-27)37(14-18-8-9-21(30)22(31)10-18)41(39,40)20-6-4-3-5-7-20/h3-10,19,23H,11-17H2,1-2H3,(H,34,38)(H,35,36)/t23-,27?,28?/m0/s1. The van der Waals surface area contributed by atoms with Crippen molar-refractivity contribution in [2.24, 2.45) is 16.3 Å². The third kappa shape index (κ3) is 4.94. The van der Waals surface area contributed by atoms with E-state index in [1.165, 1.54) is 0 Å². The Balaban J connectivity index is 1.18. The van der Waals surface area contributed by atoms with Gasteiger partial charge in [0.05, 0.1) is 20.5 Å². The van der Waals surface area contributed by atoms with Gasteiger partial charge in [-0.2, -0.15) is 4.31 Å². The van der Waals surface area contributed by atoms with Crippen LogP contribution >= 0.6 is 23.2 Å². The van der Waals surface area contributed by atoms with Crippen LogP contribution in [0.3, 0.4) is 0 Å². The summed E-state index contributed by atoms with van der Waals surface area (Å²) in [5, 5.41) is 6.90. The molecule has 1 aliphatic heterocycles. The molecule has 1 amide bonds. The van der Waals surface area contributed by atoms with Crippen molar-refractivity contribution in [1.29, 1.82) is 0 Å². The van der Waals surface area contributed by atoms with E-state index in [4.69, 9.17) is 28.2 Å². The maximum absolute atomic E-state index is 13.9. The summed E-state index contributed by atoms with van der Waals surface area (Å²) in [4.78, 5) is 18.1. The molecule has 12 heteroatoms. The number of hydrogen-bond donors (Lipinski definition) is 2. The van der Waals surface area contributed by atoms with E-state index in [-0.39, 0.29) is 48.1 Å². The first-order valence-corrected chi connectivity index (χ1v) is 15.9. The largest absolute Gasteiger partial charge is 0.360 e. The molecule has 2 bridgehead atoms. The van der Waals surface area contributed by atoms with Crippen LogP contribution in [0.2, 0.25) is 10.0 Å². The molecule has 7 rings (SSSR count). The van der Waals surface area contributed by atoms with Crippen molar-refractivity contribution in [3.8, 4) is 0 Å². The minimum atomic E-state index is -3.84. The summed E-state index contributed by atoms with van der Waals surface area (Å²) in [5.41, 5.74) is -0.937. The average Bonchev–Trinajstić information content (AvgIpc) is 3.16. The lowest BCUT2D eigenvalue weighted by molar-refractivity contribution is -0.151. The Morgan fingerprint density at radius 3 is 2.34 bits per heavy atom. The monoisotopic (exact) mass is 624 g/mol. The molecule has 1 heterocycles. The second-order valence-electron chi connectivity index (χ2n) is 12.7. The molecule has 0 aromatic heterocycles. The minimum Gasteiger partial charge on any atom is -0.360 e. The van der Waals surface area contributed by atoms with E-state index >= 15 is 0 Å². The fourth-order valence-electron chi connectivity index (χ4n) is 6.91. The third-order valence-corrected chi connectivity index (χ3v) is 11.8. The summed E-state index contributed by atoms with van der Waals surface area (Å²) in [6.45, 7) is 4.09. The van der Waals surface area contributed by atoms with Gasteiger partial charge in [-0.05, 0) is 68.9 Å². The molecule has 0 radical (unpaired) electrons. The molecule has 220 valence electrons. The van der Waals surface area contributed by atoms with Gasteiger partial charge in [0, 0.05) is 36.9 Å². The van der Waals surface area contributed by atoms with Crippen LogP contribution in [-0.2, 0) is 21.4 Å². The number of amidine groups is 1. The van der Waals surface area contributed by atoms with Crippen LogP contribution in [0.1, 0.15) is 51.5 Å². The zero-order valence-corrected chi connectivity index (χ0v) is 25.1. The molecule has 2 aromatic rings. The first-order valence-electron chi connectivity index (χ1n) is 13.7. The third-order valence-electron chi connectivity index (χ3n) is 9.06. The van der Waals surface area contributed by atoms with Gasteiger partial charge in [-0.15, -0.1) is 0 Å². The Morgan fingerprint density at radius 2 is 1.73 bits per heavy atom. The number of sulfonamides is 1. The molecule has 2 N–H and O–H groups in total. The Kier molecular flexibility index (Phi) is 6.77. The Morgan fingerprint density at radius 1 is 1.07 bits per heavy atom. The number of rotatable bonds is 9. The van der Waals surface area contributed by atoms with Gasteiger partial charge in [0.25, 0.3) is 0 Å². The van der Waals surface area contributed by atoms with Crippen molar-refractivity contribution in [2.75, 3.05) is 6.54 Å². The van der Waals surface area contributed by atoms with Gasteiger partial charge in [-0.3, -0.25) is 9.79 Å². The van der Waals surface area contributed by atoms with E-state index in [0.29, 0.717) is 35.1 Å². The molecule has 7 nitrogen and oxygen atoms in total. The molecule has 0 unspecified atom stereocenters. The SMILES string of the molecule is CC1(C)N=C(C23CC(N(Cc4ccc(Cl)c(Cl)c4)S(=O)(=O)c4ccccc4)(C2)C3)N[C@H]1C(=O)NCC1CC(F)(F)C1. The van der Waals surface area contributed by atoms with Gasteiger partial charge < -0.3 is 10.6 Å². The van der Waals surface area contributed by atoms with Crippen LogP contribution in [0.5, 0.6) is 0 Å². The molecular formula is C29H32Cl2F2N4O3S. The zero-order chi connectivity index (χ0) is 29.4. The quantitative estimate of drug-likeness (QED) is 0.390. The Hall–Kier alpha value is -2.27. The van der Waals surface area contributed by atoms with E-state index < -0.39 is 33.1 Å². The fraction of sp³-hybridized carbons (Fsp3) is 0.517. The van der Waals surface area contributed by atoms with Crippen molar-refractivity contribution in [3.63, 3.8) is 0 Å². The van der Waals surface area contributed by atoms with Crippen LogP contribution in [-0.4, -0.2) is 54.1 Å². The van der Waals surface area contributed by atoms with Gasteiger partial charge >= 0.3 is 0 Å². The maximum Gasteiger partial charge on any atom is 0.248 e. The number of alkyl halides is 2. The number of nitrogens with zero attached hydrogens (tertiary/aromatic N) is 2. The van der Waals surface area contributed by atoms with Gasteiger partial charge in [0.1, 0.15) is 11.9 Å². The summed E-state index contributed by atoms with van der Waals surface area (Å²) >= 11 is 12.3. The van der Waals surface area contributed by atoms with E-state index in [0.717, 1.165) is 5.56 Å². The van der Waals surface area contributed by atoms with E-state index in [9.17, 15) is 22.0 Å². The predicted molar refractivity (Wildman–Crippen MR) is 154 cm³/mol. The van der Waals surface area contributed by atoms with Crippen LogP contribution in [0, 0.1) is 11.3 Å². The summed E-state index contributed by atoms with van der Waals surface area (Å²) < 4.78 is 55.8. The number of halogens is 4. The van der Waals surface area contributed by atoms with E-state index in [1.54, 1.807) is 52.8 Å². The number of nitrogens with one attached hydrogen (secondary N) is 2. The summed E-state index contributed by atoms with van der Waals surface area (Å²) in [5.74, 6) is -2.40. The highest BCUT2D eigenvalue weighted by atomic mass is 35.5. The minimum absolute atomic E-state index is 0.140. The molecule has 5 aliphatic rings. The van der Waals surface area contributed by atoms with Crippen LogP contribution in [0.4, 0.5) is 8.78 Å². The molecule has 4 saturated carbocycles. The summed E-state index contributed by atoms with van der Waals surface area (Å²) in [7, 11) is -3.84. The Bertz CT molecular complexity index is 1510. The van der Waals surface area contributed by atoms with E-state index in [1.807, 2.05) is 13.8 Å². The average molecular weight is 626 g/mol. The second kappa shape index (κ2) is 9.62. The van der Waals surface area contributed by atoms with E-state index in [2.05, 4.69) is 10.6 Å². The van der Waals surface area contributed by atoms with Gasteiger partial charge in [-0.1, -0.05) is 47.5 Å². The van der Waals surface area contributed by atoms with Gasteiger partial charge in [0.15, 0.2) is 0 Å². The van der Waals surface area contributed by atoms with Crippen LogP contribution in [0.25, 0.3) is 0 Å². The van der Waals surface area contributed by atoms with Crippen molar-refractivity contribution in [3.05, 3.63) is 64.1 Å². The lowest BCUT2D eigenvalue weighted by atomic mass is 9.38. The van der Waals surface area contributed by atoms with Crippen LogP contribution < -0.4 is 10.6 Å². The topological polar surface area (TPSA) is 90.9 Å². The normalized spacial score (nSPS) is 29.5. The van der Waals surface area contributed by atoms with Crippen molar-refractivity contribution in [1.82, 2.24) is 14.9 Å². The Labute approximate surface area is 248 Å². The van der Waals surface area contributed by atoms with Crippen molar-refractivity contribution in [2.45, 2.75) is 80.4 Å². The number of carbonyl (C=O) groups is 1. The highest BCUT2D eigenvalue weighted by Gasteiger charge is 2.75. The molecule has 0 saturated heterocycles. The molecule has 4 aliphatic carbocycles. The predicted octanol–water partition coefficient (Wildman–Crippen LogP) is 5.42. The number of aliphatic imine (C=N–C) groups is 1. The maximum atomic E-state index is 13.9. The first-order chi connectivity index (χ1) is 19.1. The lowest BCUT2D eigenvalue weighted by Gasteiger charge is -2.72. The first kappa shape index (κ1) is 28.8. The molecule has 0 spiro atoms. The molecule has 41 heavy (non-hydrogen) atoms. The van der Waals surface area contributed by atoms with Crippen LogP contribution in [0.15, 0.2) is 58.4 Å². The molecule has 4 fully saturated rings.